The molecular formula is C12H21N3O. The molecule has 4 heteroatoms. The van der Waals surface area contributed by atoms with E-state index in [4.69, 9.17) is 4.74 Å². The van der Waals surface area contributed by atoms with Crippen LogP contribution >= 0.6 is 0 Å². The van der Waals surface area contributed by atoms with E-state index in [1.165, 1.54) is 0 Å². The monoisotopic (exact) mass is 223 g/mol. The molecule has 0 spiro atoms. The van der Waals surface area contributed by atoms with Crippen molar-refractivity contribution in [1.82, 2.24) is 15.3 Å². The number of hydrogen-bond donors (Lipinski definition) is 1. The second-order valence-electron chi connectivity index (χ2n) is 3.72. The molecule has 1 aromatic heterocycles. The number of aromatic nitrogens is 2. The largest absolute Gasteiger partial charge is 0.377 e. The SMILES string of the molecule is CCCC(OCC)C(NC)c1cncnc1. The molecular weight excluding hydrogens is 202 g/mol. The fourth-order valence-corrected chi connectivity index (χ4v) is 1.88. The minimum absolute atomic E-state index is 0.168. The van der Waals surface area contributed by atoms with Crippen molar-refractivity contribution in [3.8, 4) is 0 Å². The molecule has 0 saturated heterocycles. The maximum atomic E-state index is 5.77. The second-order valence-corrected chi connectivity index (χ2v) is 3.72. The number of ether oxygens (including phenoxy) is 1. The predicted molar refractivity (Wildman–Crippen MR) is 64.2 cm³/mol. The van der Waals surface area contributed by atoms with Crippen molar-refractivity contribution in [2.24, 2.45) is 0 Å². The van der Waals surface area contributed by atoms with Crippen LogP contribution in [0.2, 0.25) is 0 Å². The highest BCUT2D eigenvalue weighted by molar-refractivity contribution is 5.11. The zero-order chi connectivity index (χ0) is 11.8. The summed E-state index contributed by atoms with van der Waals surface area (Å²) < 4.78 is 5.77. The average Bonchev–Trinajstić information content (AvgIpc) is 2.32. The standard InChI is InChI=1S/C12H21N3O/c1-4-6-11(16-5-2)12(13-3)10-7-14-9-15-8-10/h7-9,11-13H,4-6H2,1-3H3. The van der Waals surface area contributed by atoms with Crippen LogP contribution in [0.5, 0.6) is 0 Å². The van der Waals surface area contributed by atoms with Crippen LogP contribution in [0.15, 0.2) is 18.7 Å². The molecule has 0 radical (unpaired) electrons. The number of nitrogens with one attached hydrogen (secondary N) is 1. The van der Waals surface area contributed by atoms with E-state index in [-0.39, 0.29) is 12.1 Å². The highest BCUT2D eigenvalue weighted by atomic mass is 16.5. The third-order valence-electron chi connectivity index (χ3n) is 2.58. The Morgan fingerprint density at radius 2 is 2.00 bits per heavy atom. The summed E-state index contributed by atoms with van der Waals surface area (Å²) >= 11 is 0. The van der Waals surface area contributed by atoms with Gasteiger partial charge in [-0.2, -0.15) is 0 Å². The molecule has 90 valence electrons. The van der Waals surface area contributed by atoms with Crippen LogP contribution in [-0.2, 0) is 4.74 Å². The first-order chi connectivity index (χ1) is 7.83. The summed E-state index contributed by atoms with van der Waals surface area (Å²) in [5.41, 5.74) is 1.08. The van der Waals surface area contributed by atoms with E-state index in [9.17, 15) is 0 Å². The van der Waals surface area contributed by atoms with Crippen LogP contribution in [0.4, 0.5) is 0 Å². The van der Waals surface area contributed by atoms with Crippen LogP contribution < -0.4 is 5.32 Å². The Balaban J connectivity index is 2.77. The van der Waals surface area contributed by atoms with Crippen molar-refractivity contribution in [2.75, 3.05) is 13.7 Å². The van der Waals surface area contributed by atoms with Gasteiger partial charge in [-0.25, -0.2) is 9.97 Å². The van der Waals surface area contributed by atoms with Gasteiger partial charge in [0.1, 0.15) is 6.33 Å². The Morgan fingerprint density at radius 3 is 2.50 bits per heavy atom. The molecule has 2 atom stereocenters. The molecule has 0 aliphatic rings. The lowest BCUT2D eigenvalue weighted by Crippen LogP contribution is -2.32. The highest BCUT2D eigenvalue weighted by Gasteiger charge is 2.21. The van der Waals surface area contributed by atoms with Crippen LogP contribution in [0.3, 0.4) is 0 Å². The fourth-order valence-electron chi connectivity index (χ4n) is 1.88. The van der Waals surface area contributed by atoms with Crippen molar-refractivity contribution in [2.45, 2.75) is 38.8 Å². The molecule has 0 aliphatic carbocycles. The van der Waals surface area contributed by atoms with E-state index in [1.807, 2.05) is 26.4 Å². The summed E-state index contributed by atoms with van der Waals surface area (Å²) in [5, 5.41) is 3.28. The Morgan fingerprint density at radius 1 is 1.31 bits per heavy atom. The summed E-state index contributed by atoms with van der Waals surface area (Å²) in [5.74, 6) is 0. The lowest BCUT2D eigenvalue weighted by atomic mass is 10.0. The molecule has 1 rings (SSSR count). The number of likely N-dealkylation sites (N-methyl/N-ethyl adjacent to an activating group) is 1. The Bertz CT molecular complexity index is 273. The topological polar surface area (TPSA) is 47.0 Å². The second kappa shape index (κ2) is 7.30. The van der Waals surface area contributed by atoms with Crippen molar-refractivity contribution in [3.63, 3.8) is 0 Å². The molecule has 0 saturated carbocycles. The fraction of sp³-hybridized carbons (Fsp3) is 0.667. The van der Waals surface area contributed by atoms with Crippen molar-refractivity contribution in [1.29, 1.82) is 0 Å². The van der Waals surface area contributed by atoms with Gasteiger partial charge in [-0.1, -0.05) is 13.3 Å². The third kappa shape index (κ3) is 3.54. The van der Waals surface area contributed by atoms with Gasteiger partial charge in [0.05, 0.1) is 12.1 Å². The molecule has 0 amide bonds. The van der Waals surface area contributed by atoms with Crippen LogP contribution in [0.25, 0.3) is 0 Å². The molecule has 16 heavy (non-hydrogen) atoms. The van der Waals surface area contributed by atoms with E-state index in [0.717, 1.165) is 25.0 Å². The quantitative estimate of drug-likeness (QED) is 0.767. The Hall–Kier alpha value is -1.00. The first kappa shape index (κ1) is 13.1. The van der Waals surface area contributed by atoms with Gasteiger partial charge in [-0.05, 0) is 20.4 Å². The summed E-state index contributed by atoms with van der Waals surface area (Å²) in [6.07, 6.45) is 7.56. The highest BCUT2D eigenvalue weighted by Crippen LogP contribution is 2.21. The number of hydrogen-bond acceptors (Lipinski definition) is 4. The van der Waals surface area contributed by atoms with Crippen molar-refractivity contribution >= 4 is 0 Å². The van der Waals surface area contributed by atoms with Crippen LogP contribution in [-0.4, -0.2) is 29.7 Å². The minimum atomic E-state index is 0.168. The minimum Gasteiger partial charge on any atom is -0.377 e. The molecule has 0 fully saturated rings. The smallest absolute Gasteiger partial charge is 0.115 e. The average molecular weight is 223 g/mol. The number of nitrogens with zero attached hydrogens (tertiary/aromatic N) is 2. The zero-order valence-electron chi connectivity index (χ0n) is 10.3. The van der Waals surface area contributed by atoms with Gasteiger partial charge < -0.3 is 10.1 Å². The summed E-state index contributed by atoms with van der Waals surface area (Å²) in [7, 11) is 1.94. The maximum Gasteiger partial charge on any atom is 0.115 e. The first-order valence-corrected chi connectivity index (χ1v) is 5.87. The molecule has 4 nitrogen and oxygen atoms in total. The number of rotatable bonds is 7. The Kier molecular flexibility index (Phi) is 5.96. The lowest BCUT2D eigenvalue weighted by Gasteiger charge is -2.26. The van der Waals surface area contributed by atoms with E-state index in [2.05, 4.69) is 22.2 Å². The van der Waals surface area contributed by atoms with Crippen LogP contribution in [0.1, 0.15) is 38.3 Å². The maximum absolute atomic E-state index is 5.77. The van der Waals surface area contributed by atoms with Crippen LogP contribution in [0, 0.1) is 0 Å². The Labute approximate surface area is 97.5 Å². The molecule has 1 aromatic rings. The third-order valence-corrected chi connectivity index (χ3v) is 2.58. The normalized spacial score (nSPS) is 14.7. The van der Waals surface area contributed by atoms with E-state index >= 15 is 0 Å². The first-order valence-electron chi connectivity index (χ1n) is 5.87. The lowest BCUT2D eigenvalue weighted by molar-refractivity contribution is 0.0294. The van der Waals surface area contributed by atoms with E-state index < -0.39 is 0 Å². The van der Waals surface area contributed by atoms with Gasteiger partial charge in [0, 0.05) is 24.6 Å². The zero-order valence-corrected chi connectivity index (χ0v) is 10.3. The van der Waals surface area contributed by atoms with Crippen molar-refractivity contribution < 1.29 is 4.74 Å². The summed E-state index contributed by atoms with van der Waals surface area (Å²) in [6.45, 7) is 4.92. The summed E-state index contributed by atoms with van der Waals surface area (Å²) in [4.78, 5) is 8.10. The molecule has 1 N–H and O–H groups in total. The molecule has 2 unspecified atom stereocenters. The summed E-state index contributed by atoms with van der Waals surface area (Å²) in [6, 6.07) is 0.168. The van der Waals surface area contributed by atoms with Gasteiger partial charge in [-0.3, -0.25) is 0 Å². The predicted octanol–water partition coefficient (Wildman–Crippen LogP) is 1.94. The molecule has 0 aliphatic heterocycles. The van der Waals surface area contributed by atoms with Gasteiger partial charge in [0.15, 0.2) is 0 Å². The van der Waals surface area contributed by atoms with E-state index in [1.54, 1.807) is 6.33 Å². The van der Waals surface area contributed by atoms with Gasteiger partial charge >= 0.3 is 0 Å². The molecule has 1 heterocycles. The molecule has 0 bridgehead atoms. The molecule has 0 aromatic carbocycles. The van der Waals surface area contributed by atoms with Gasteiger partial charge in [-0.15, -0.1) is 0 Å². The van der Waals surface area contributed by atoms with Gasteiger partial charge in [0.2, 0.25) is 0 Å². The van der Waals surface area contributed by atoms with Crippen molar-refractivity contribution in [3.05, 3.63) is 24.3 Å². The van der Waals surface area contributed by atoms with E-state index in [0.29, 0.717) is 0 Å². The van der Waals surface area contributed by atoms with Gasteiger partial charge in [0.25, 0.3) is 0 Å².